The van der Waals surface area contributed by atoms with Crippen molar-refractivity contribution in [2.24, 2.45) is 0 Å². The van der Waals surface area contributed by atoms with Crippen LogP contribution in [0, 0.1) is 0 Å². The molecule has 0 heterocycles. The molecule has 2 aromatic carbocycles. The van der Waals surface area contributed by atoms with Gasteiger partial charge in [-0.3, -0.25) is 9.59 Å². The molecule has 4 N–H and O–H groups in total. The largest absolute Gasteiger partial charge is 0.508 e. The number of aromatic hydroxyl groups is 2. The number of phenols is 2. The molecular formula is C27H38N2O6. The molecule has 0 fully saturated rings. The van der Waals surface area contributed by atoms with E-state index in [0.717, 1.165) is 22.3 Å². The van der Waals surface area contributed by atoms with Gasteiger partial charge in [0.25, 0.3) is 0 Å². The molecule has 0 radical (unpaired) electrons. The second-order valence-corrected chi connectivity index (χ2v) is 9.44. The summed E-state index contributed by atoms with van der Waals surface area (Å²) in [5.41, 5.74) is 2.96. The highest BCUT2D eigenvalue weighted by atomic mass is 16.6. The summed E-state index contributed by atoms with van der Waals surface area (Å²) in [4.78, 5) is 23.3. The number of nitrogens with one attached hydrogen (secondary N) is 2. The van der Waals surface area contributed by atoms with Gasteiger partial charge in [-0.25, -0.2) is 0 Å². The van der Waals surface area contributed by atoms with Gasteiger partial charge in [0, 0.05) is 50.1 Å². The lowest BCUT2D eigenvalue weighted by Gasteiger charge is -2.19. The van der Waals surface area contributed by atoms with Crippen molar-refractivity contribution >= 4 is 11.9 Å². The molecule has 0 aliphatic carbocycles. The van der Waals surface area contributed by atoms with Gasteiger partial charge in [-0.1, -0.05) is 24.3 Å². The highest BCUT2D eigenvalue weighted by Gasteiger charge is 2.16. The minimum atomic E-state index is -0.499. The standard InChI is InChI=1S/C27H38N2O6/c1-27(2,3)35-26(33)12-8-20-6-10-24(31)22(16-20)18-29-14-13-28-17-21-15-19(5-9-23(21)30)7-11-25(32)34-4/h5-6,9-10,15-16,28-31H,7-8,11-14,17-18H2,1-4H3. The summed E-state index contributed by atoms with van der Waals surface area (Å²) in [6.07, 6.45) is 1.69. The Morgan fingerprint density at radius 3 is 1.69 bits per heavy atom. The fraction of sp³-hybridized carbons (Fsp3) is 0.481. The van der Waals surface area contributed by atoms with Crippen LogP contribution in [0.2, 0.25) is 0 Å². The van der Waals surface area contributed by atoms with Crippen LogP contribution in [0.1, 0.15) is 55.9 Å². The highest BCUT2D eigenvalue weighted by Crippen LogP contribution is 2.21. The topological polar surface area (TPSA) is 117 Å². The molecule has 8 heteroatoms. The first-order valence-corrected chi connectivity index (χ1v) is 11.9. The van der Waals surface area contributed by atoms with Crippen LogP contribution in [-0.2, 0) is 45.0 Å². The number of rotatable bonds is 13. The maximum absolute atomic E-state index is 11.9. The Morgan fingerprint density at radius 1 is 0.800 bits per heavy atom. The maximum atomic E-state index is 11.9. The van der Waals surface area contributed by atoms with Gasteiger partial charge in [0.2, 0.25) is 0 Å². The molecule has 0 saturated carbocycles. The highest BCUT2D eigenvalue weighted by molar-refractivity contribution is 5.70. The van der Waals surface area contributed by atoms with Crippen molar-refractivity contribution in [3.8, 4) is 11.5 Å². The summed E-state index contributed by atoms with van der Waals surface area (Å²) in [6.45, 7) is 7.83. The van der Waals surface area contributed by atoms with Gasteiger partial charge in [0.1, 0.15) is 17.1 Å². The number of benzene rings is 2. The van der Waals surface area contributed by atoms with Gasteiger partial charge in [-0.15, -0.1) is 0 Å². The molecule has 0 saturated heterocycles. The summed E-state index contributed by atoms with van der Waals surface area (Å²) in [6, 6.07) is 10.7. The first-order valence-electron chi connectivity index (χ1n) is 11.9. The van der Waals surface area contributed by atoms with Crippen LogP contribution in [0.15, 0.2) is 36.4 Å². The lowest BCUT2D eigenvalue weighted by molar-refractivity contribution is -0.154. The second kappa shape index (κ2) is 13.7. The Labute approximate surface area is 207 Å². The number of ether oxygens (including phenoxy) is 2. The normalized spacial score (nSPS) is 11.3. The zero-order chi connectivity index (χ0) is 25.8. The molecule has 35 heavy (non-hydrogen) atoms. The van der Waals surface area contributed by atoms with Gasteiger partial charge >= 0.3 is 11.9 Å². The third kappa shape index (κ3) is 10.8. The molecule has 0 aromatic heterocycles. The summed E-state index contributed by atoms with van der Waals surface area (Å²) >= 11 is 0. The average Bonchev–Trinajstić information content (AvgIpc) is 2.80. The number of carbonyl (C=O) groups is 2. The zero-order valence-electron chi connectivity index (χ0n) is 21.1. The molecule has 0 amide bonds. The first kappa shape index (κ1) is 28.1. The molecule has 8 nitrogen and oxygen atoms in total. The van der Waals surface area contributed by atoms with E-state index < -0.39 is 5.60 Å². The summed E-state index contributed by atoms with van der Waals surface area (Å²) in [5, 5.41) is 26.8. The zero-order valence-corrected chi connectivity index (χ0v) is 21.1. The van der Waals surface area contributed by atoms with Crippen LogP contribution >= 0.6 is 0 Å². The maximum Gasteiger partial charge on any atom is 0.306 e. The van der Waals surface area contributed by atoms with Gasteiger partial charge in [0.05, 0.1) is 7.11 Å². The average molecular weight is 487 g/mol. The van der Waals surface area contributed by atoms with Crippen molar-refractivity contribution in [2.75, 3.05) is 20.2 Å². The van der Waals surface area contributed by atoms with E-state index in [2.05, 4.69) is 15.4 Å². The molecule has 192 valence electrons. The van der Waals surface area contributed by atoms with Gasteiger partial charge in [-0.2, -0.15) is 0 Å². The molecule has 2 aromatic rings. The van der Waals surface area contributed by atoms with Crippen molar-refractivity contribution in [1.29, 1.82) is 0 Å². The molecule has 0 unspecified atom stereocenters. The predicted molar refractivity (Wildman–Crippen MR) is 134 cm³/mol. The van der Waals surface area contributed by atoms with Gasteiger partial charge in [-0.05, 0) is 56.9 Å². The summed E-state index contributed by atoms with van der Waals surface area (Å²) in [5.74, 6) is -0.0830. The van der Waals surface area contributed by atoms with Crippen LogP contribution in [-0.4, -0.2) is 48.0 Å². The molecule has 0 aliphatic heterocycles. The van der Waals surface area contributed by atoms with Crippen molar-refractivity contribution in [3.63, 3.8) is 0 Å². The van der Waals surface area contributed by atoms with Crippen LogP contribution in [0.5, 0.6) is 11.5 Å². The number of methoxy groups -OCH3 is 1. The summed E-state index contributed by atoms with van der Waals surface area (Å²) in [7, 11) is 1.37. The third-order valence-corrected chi connectivity index (χ3v) is 5.28. The minimum absolute atomic E-state index is 0.208. The lowest BCUT2D eigenvalue weighted by Crippen LogP contribution is -2.26. The van der Waals surface area contributed by atoms with Crippen LogP contribution in [0.3, 0.4) is 0 Å². The number of hydrogen-bond acceptors (Lipinski definition) is 8. The van der Waals surface area contributed by atoms with E-state index in [1.807, 2.05) is 39.0 Å². The molecule has 0 bridgehead atoms. The fourth-order valence-corrected chi connectivity index (χ4v) is 3.48. The molecule has 0 spiro atoms. The van der Waals surface area contributed by atoms with Gasteiger partial charge < -0.3 is 30.3 Å². The Bertz CT molecular complexity index is 984. The van der Waals surface area contributed by atoms with E-state index in [1.165, 1.54) is 7.11 Å². The number of esters is 2. The molecule has 2 rings (SSSR count). The van der Waals surface area contributed by atoms with E-state index >= 15 is 0 Å². The number of hydrogen-bond donors (Lipinski definition) is 4. The van der Waals surface area contributed by atoms with E-state index in [9.17, 15) is 19.8 Å². The number of carbonyl (C=O) groups excluding carboxylic acids is 2. The van der Waals surface area contributed by atoms with Crippen molar-refractivity contribution < 1.29 is 29.3 Å². The molecule has 0 aliphatic rings. The third-order valence-electron chi connectivity index (χ3n) is 5.28. The number of aryl methyl sites for hydroxylation is 2. The van der Waals surface area contributed by atoms with Crippen LogP contribution < -0.4 is 10.6 Å². The molecular weight excluding hydrogens is 448 g/mol. The SMILES string of the molecule is COC(=O)CCc1ccc(O)c(CNCCNCc2cc(CCC(=O)OC(C)(C)C)ccc2O)c1. The molecule has 0 atom stereocenters. The van der Waals surface area contributed by atoms with Crippen molar-refractivity contribution in [3.05, 3.63) is 58.7 Å². The van der Waals surface area contributed by atoms with E-state index in [0.29, 0.717) is 45.4 Å². The quantitative estimate of drug-likeness (QED) is 0.252. The predicted octanol–water partition coefficient (Wildman–Crippen LogP) is 3.36. The van der Waals surface area contributed by atoms with Crippen molar-refractivity contribution in [2.45, 2.75) is 65.1 Å². The van der Waals surface area contributed by atoms with Crippen molar-refractivity contribution in [1.82, 2.24) is 10.6 Å². The Morgan fingerprint density at radius 2 is 1.26 bits per heavy atom. The fourth-order valence-electron chi connectivity index (χ4n) is 3.48. The Hall–Kier alpha value is -3.10. The smallest absolute Gasteiger partial charge is 0.306 e. The van der Waals surface area contributed by atoms with Gasteiger partial charge in [0.15, 0.2) is 0 Å². The Kier molecular flexibility index (Phi) is 11.0. The van der Waals surface area contributed by atoms with E-state index in [1.54, 1.807) is 18.2 Å². The number of phenolic OH excluding ortho intramolecular Hbond substituents is 2. The van der Waals surface area contributed by atoms with Crippen LogP contribution in [0.25, 0.3) is 0 Å². The van der Waals surface area contributed by atoms with Crippen LogP contribution in [0.4, 0.5) is 0 Å². The van der Waals surface area contributed by atoms with E-state index in [4.69, 9.17) is 4.74 Å². The monoisotopic (exact) mass is 486 g/mol. The first-order chi connectivity index (χ1) is 16.6. The lowest BCUT2D eigenvalue weighted by atomic mass is 10.1. The second-order valence-electron chi connectivity index (χ2n) is 9.44. The minimum Gasteiger partial charge on any atom is -0.508 e. The Balaban J connectivity index is 1.74. The summed E-state index contributed by atoms with van der Waals surface area (Å²) < 4.78 is 10.0. The van der Waals surface area contributed by atoms with E-state index in [-0.39, 0.29) is 29.9 Å².